The number of hydrogen-bond acceptors (Lipinski definition) is 4. The number of halogens is 1. The summed E-state index contributed by atoms with van der Waals surface area (Å²) < 4.78 is 1.64. The summed E-state index contributed by atoms with van der Waals surface area (Å²) >= 11 is 8.36. The van der Waals surface area contributed by atoms with Gasteiger partial charge in [-0.2, -0.15) is 0 Å². The largest absolute Gasteiger partial charge is 0.307 e. The summed E-state index contributed by atoms with van der Waals surface area (Å²) in [5.74, 6) is 0.426. The third kappa shape index (κ3) is 2.05. The number of rotatable bonds is 3. The van der Waals surface area contributed by atoms with Crippen LogP contribution in [0.4, 0.5) is 0 Å². The van der Waals surface area contributed by atoms with Crippen LogP contribution in [0.25, 0.3) is 0 Å². The maximum absolute atomic E-state index is 11.2. The maximum Gasteiger partial charge on any atom is 0.307 e. The molecular formula is C8H7ClN2OS2. The van der Waals surface area contributed by atoms with Gasteiger partial charge in [0.15, 0.2) is 0 Å². The summed E-state index contributed by atoms with van der Waals surface area (Å²) in [6.07, 6.45) is 1.77. The Hall–Kier alpha value is -0.650. The van der Waals surface area contributed by atoms with E-state index in [0.717, 1.165) is 10.7 Å². The predicted octanol–water partition coefficient (Wildman–Crippen LogP) is 2.15. The fourth-order valence-electron chi connectivity index (χ4n) is 1.04. The van der Waals surface area contributed by atoms with E-state index in [0.29, 0.717) is 12.4 Å². The minimum absolute atomic E-state index is 0.0487. The molecule has 2 heterocycles. The van der Waals surface area contributed by atoms with E-state index < -0.39 is 0 Å². The highest BCUT2D eigenvalue weighted by Crippen LogP contribution is 2.12. The van der Waals surface area contributed by atoms with Gasteiger partial charge in [-0.05, 0) is 0 Å². The van der Waals surface area contributed by atoms with Crippen LogP contribution in [0.5, 0.6) is 0 Å². The highest BCUT2D eigenvalue weighted by Gasteiger charge is 2.03. The Bertz CT molecular complexity index is 473. The topological polar surface area (TPSA) is 34.9 Å². The molecule has 0 radical (unpaired) electrons. The van der Waals surface area contributed by atoms with Crippen LogP contribution >= 0.6 is 34.3 Å². The summed E-state index contributed by atoms with van der Waals surface area (Å²) in [7, 11) is 0. The number of alkyl halides is 1. The second-order valence-electron chi connectivity index (χ2n) is 2.66. The average Bonchev–Trinajstić information content (AvgIpc) is 2.77. The number of hydrogen-bond donors (Lipinski definition) is 0. The van der Waals surface area contributed by atoms with Crippen LogP contribution in [0.2, 0.25) is 0 Å². The summed E-state index contributed by atoms with van der Waals surface area (Å²) in [6, 6.07) is 0. The van der Waals surface area contributed by atoms with Crippen LogP contribution < -0.4 is 4.87 Å². The van der Waals surface area contributed by atoms with E-state index in [1.165, 1.54) is 22.7 Å². The van der Waals surface area contributed by atoms with Gasteiger partial charge in [-0.15, -0.1) is 22.9 Å². The molecule has 0 aliphatic carbocycles. The summed E-state index contributed by atoms with van der Waals surface area (Å²) in [5.41, 5.74) is 0.870. The van der Waals surface area contributed by atoms with Gasteiger partial charge in [0, 0.05) is 17.0 Å². The Morgan fingerprint density at radius 2 is 2.36 bits per heavy atom. The number of thiazole rings is 2. The lowest BCUT2D eigenvalue weighted by atomic mass is 10.5. The molecule has 0 aliphatic heterocycles. The second kappa shape index (κ2) is 4.25. The minimum atomic E-state index is 0.0487. The van der Waals surface area contributed by atoms with Gasteiger partial charge in [0.25, 0.3) is 0 Å². The van der Waals surface area contributed by atoms with Gasteiger partial charge in [-0.25, -0.2) is 4.98 Å². The van der Waals surface area contributed by atoms with Crippen molar-refractivity contribution < 1.29 is 0 Å². The van der Waals surface area contributed by atoms with Crippen LogP contribution in [-0.2, 0) is 12.4 Å². The molecule has 2 aromatic rings. The normalized spacial score (nSPS) is 10.6. The van der Waals surface area contributed by atoms with Crippen LogP contribution in [0.15, 0.2) is 21.8 Å². The molecule has 0 saturated heterocycles. The summed E-state index contributed by atoms with van der Waals surface area (Å²) in [6.45, 7) is 0.546. The van der Waals surface area contributed by atoms with Crippen molar-refractivity contribution in [1.82, 2.24) is 9.55 Å². The Balaban J connectivity index is 2.19. The minimum Gasteiger partial charge on any atom is -0.299 e. The fourth-order valence-corrected chi connectivity index (χ4v) is 2.64. The Kier molecular flexibility index (Phi) is 3.00. The zero-order chi connectivity index (χ0) is 9.97. The molecule has 0 unspecified atom stereocenters. The average molecular weight is 247 g/mol. The van der Waals surface area contributed by atoms with Crippen molar-refractivity contribution in [3.05, 3.63) is 37.3 Å². The van der Waals surface area contributed by atoms with Crippen molar-refractivity contribution in [1.29, 1.82) is 0 Å². The van der Waals surface area contributed by atoms with Gasteiger partial charge in [0.2, 0.25) is 0 Å². The third-order valence-electron chi connectivity index (χ3n) is 1.69. The Labute approximate surface area is 93.6 Å². The molecule has 0 fully saturated rings. The maximum atomic E-state index is 11.2. The van der Waals surface area contributed by atoms with Gasteiger partial charge < -0.3 is 0 Å². The van der Waals surface area contributed by atoms with Crippen LogP contribution in [-0.4, -0.2) is 9.55 Å². The van der Waals surface area contributed by atoms with Crippen LogP contribution in [0.3, 0.4) is 0 Å². The summed E-state index contributed by atoms with van der Waals surface area (Å²) in [5, 5.41) is 4.61. The van der Waals surface area contributed by atoms with E-state index in [-0.39, 0.29) is 4.87 Å². The van der Waals surface area contributed by atoms with Gasteiger partial charge in [0.05, 0.1) is 18.1 Å². The van der Waals surface area contributed by atoms with E-state index >= 15 is 0 Å². The summed E-state index contributed by atoms with van der Waals surface area (Å²) in [4.78, 5) is 15.6. The monoisotopic (exact) mass is 246 g/mol. The van der Waals surface area contributed by atoms with Crippen molar-refractivity contribution in [3.63, 3.8) is 0 Å². The van der Waals surface area contributed by atoms with Crippen molar-refractivity contribution in [3.8, 4) is 0 Å². The molecule has 6 heteroatoms. The third-order valence-corrected chi connectivity index (χ3v) is 3.54. The van der Waals surface area contributed by atoms with Gasteiger partial charge in [-0.1, -0.05) is 11.3 Å². The smallest absolute Gasteiger partial charge is 0.299 e. The fraction of sp³-hybridized carbons (Fsp3) is 0.250. The first kappa shape index (κ1) is 9.89. The molecule has 0 spiro atoms. The standard InChI is InChI=1S/C8H7ClN2OS2/c9-3-6-5-14-7(10-6)4-11-1-2-13-8(11)12/h1-2,5H,3-4H2. The lowest BCUT2D eigenvalue weighted by molar-refractivity contribution is 0.775. The quantitative estimate of drug-likeness (QED) is 0.778. The zero-order valence-corrected chi connectivity index (χ0v) is 9.53. The molecule has 0 aromatic carbocycles. The highest BCUT2D eigenvalue weighted by atomic mass is 35.5. The molecule has 0 amide bonds. The number of aromatic nitrogens is 2. The first-order chi connectivity index (χ1) is 6.79. The zero-order valence-electron chi connectivity index (χ0n) is 7.14. The van der Waals surface area contributed by atoms with Crippen molar-refractivity contribution in [2.45, 2.75) is 12.4 Å². The van der Waals surface area contributed by atoms with Gasteiger partial charge >= 0.3 is 4.87 Å². The molecule has 0 atom stereocenters. The van der Waals surface area contributed by atoms with E-state index in [4.69, 9.17) is 11.6 Å². The van der Waals surface area contributed by atoms with Crippen LogP contribution in [0, 0.1) is 0 Å². The molecular weight excluding hydrogens is 240 g/mol. The SMILES string of the molecule is O=c1sccn1Cc1nc(CCl)cs1. The molecule has 3 nitrogen and oxygen atoms in total. The second-order valence-corrected chi connectivity index (χ2v) is 4.73. The predicted molar refractivity (Wildman–Crippen MR) is 59.4 cm³/mol. The lowest BCUT2D eigenvalue weighted by Crippen LogP contribution is -2.12. The van der Waals surface area contributed by atoms with Crippen molar-refractivity contribution >= 4 is 34.3 Å². The van der Waals surface area contributed by atoms with E-state index in [1.807, 2.05) is 5.38 Å². The first-order valence-corrected chi connectivity index (χ1v) is 6.22. The molecule has 0 N–H and O–H groups in total. The molecule has 2 aromatic heterocycles. The van der Waals surface area contributed by atoms with Crippen molar-refractivity contribution in [2.75, 3.05) is 0 Å². The molecule has 14 heavy (non-hydrogen) atoms. The highest BCUT2D eigenvalue weighted by molar-refractivity contribution is 7.09. The molecule has 2 rings (SSSR count). The van der Waals surface area contributed by atoms with Gasteiger partial charge in [0.1, 0.15) is 5.01 Å². The Morgan fingerprint density at radius 3 is 2.93 bits per heavy atom. The number of nitrogens with zero attached hydrogens (tertiary/aromatic N) is 2. The Morgan fingerprint density at radius 1 is 1.50 bits per heavy atom. The molecule has 0 saturated carbocycles. The van der Waals surface area contributed by atoms with E-state index in [9.17, 15) is 4.79 Å². The molecule has 0 bridgehead atoms. The van der Waals surface area contributed by atoms with E-state index in [2.05, 4.69) is 4.98 Å². The molecule has 74 valence electrons. The van der Waals surface area contributed by atoms with Crippen molar-refractivity contribution in [2.24, 2.45) is 0 Å². The van der Waals surface area contributed by atoms with Crippen LogP contribution in [0.1, 0.15) is 10.7 Å². The van der Waals surface area contributed by atoms with Gasteiger partial charge in [-0.3, -0.25) is 9.36 Å². The molecule has 0 aliphatic rings. The lowest BCUT2D eigenvalue weighted by Gasteiger charge is -1.95. The first-order valence-electron chi connectivity index (χ1n) is 3.93. The van der Waals surface area contributed by atoms with E-state index in [1.54, 1.807) is 16.1 Å².